The van der Waals surface area contributed by atoms with E-state index in [1.165, 1.54) is 0 Å². The lowest BCUT2D eigenvalue weighted by Gasteiger charge is -2.16. The summed E-state index contributed by atoms with van der Waals surface area (Å²) in [6, 6.07) is 7.75. The molecule has 1 heterocycles. The molecule has 1 atom stereocenters. The Bertz CT molecular complexity index is 548. The standard InChI is InChI=1S/C17H25N3O3/c1-3-13(2)14-6-4-5-7-15(14)23-12-16(21)18-8-10-20-11-9-19-17(20)22/h4-7,13H,3,8-12H2,1-2H3,(H,18,21)(H,19,22). The number of carbonyl (C=O) groups is 2. The molecule has 1 aliphatic heterocycles. The molecule has 1 unspecified atom stereocenters. The summed E-state index contributed by atoms with van der Waals surface area (Å²) in [5, 5.41) is 5.50. The molecular formula is C17H25N3O3. The highest BCUT2D eigenvalue weighted by Crippen LogP contribution is 2.28. The molecule has 0 bridgehead atoms. The van der Waals surface area contributed by atoms with Crippen molar-refractivity contribution >= 4 is 11.9 Å². The summed E-state index contributed by atoms with van der Waals surface area (Å²) in [4.78, 5) is 24.9. The molecule has 2 rings (SSSR count). The Morgan fingerprint density at radius 2 is 2.22 bits per heavy atom. The number of para-hydroxylation sites is 1. The lowest BCUT2D eigenvalue weighted by Crippen LogP contribution is -2.38. The van der Waals surface area contributed by atoms with E-state index in [0.717, 1.165) is 17.7 Å². The van der Waals surface area contributed by atoms with Gasteiger partial charge in [0.25, 0.3) is 5.91 Å². The van der Waals surface area contributed by atoms with E-state index in [1.54, 1.807) is 4.90 Å². The van der Waals surface area contributed by atoms with Crippen molar-refractivity contribution in [3.63, 3.8) is 0 Å². The highest BCUT2D eigenvalue weighted by molar-refractivity contribution is 5.78. The van der Waals surface area contributed by atoms with Crippen LogP contribution in [0.25, 0.3) is 0 Å². The van der Waals surface area contributed by atoms with E-state index in [0.29, 0.717) is 32.1 Å². The second-order valence-corrected chi connectivity index (χ2v) is 5.70. The van der Waals surface area contributed by atoms with E-state index in [-0.39, 0.29) is 18.5 Å². The molecule has 0 radical (unpaired) electrons. The predicted molar refractivity (Wildman–Crippen MR) is 88.6 cm³/mol. The first-order chi connectivity index (χ1) is 11.1. The topological polar surface area (TPSA) is 70.7 Å². The molecule has 126 valence electrons. The molecule has 3 amide bonds. The minimum atomic E-state index is -0.177. The maximum atomic E-state index is 11.9. The number of amides is 3. The maximum Gasteiger partial charge on any atom is 0.317 e. The zero-order valence-electron chi connectivity index (χ0n) is 13.8. The average molecular weight is 319 g/mol. The van der Waals surface area contributed by atoms with Gasteiger partial charge in [0.2, 0.25) is 0 Å². The van der Waals surface area contributed by atoms with Crippen LogP contribution in [0.1, 0.15) is 31.7 Å². The average Bonchev–Trinajstić information content (AvgIpc) is 2.97. The van der Waals surface area contributed by atoms with Gasteiger partial charge in [0.05, 0.1) is 0 Å². The summed E-state index contributed by atoms with van der Waals surface area (Å²) < 4.78 is 5.66. The van der Waals surface area contributed by atoms with E-state index < -0.39 is 0 Å². The Kier molecular flexibility index (Phi) is 6.26. The molecule has 1 fully saturated rings. The Hall–Kier alpha value is -2.24. The van der Waals surface area contributed by atoms with Crippen LogP contribution in [0.2, 0.25) is 0 Å². The number of ether oxygens (including phenoxy) is 1. The Labute approximate surface area is 137 Å². The number of rotatable bonds is 8. The number of hydrogen-bond acceptors (Lipinski definition) is 3. The number of urea groups is 1. The smallest absolute Gasteiger partial charge is 0.317 e. The second-order valence-electron chi connectivity index (χ2n) is 5.70. The Morgan fingerprint density at radius 3 is 2.91 bits per heavy atom. The number of hydrogen-bond donors (Lipinski definition) is 2. The second kappa shape index (κ2) is 8.41. The van der Waals surface area contributed by atoms with E-state index in [2.05, 4.69) is 24.5 Å². The molecule has 2 N–H and O–H groups in total. The molecular weight excluding hydrogens is 294 g/mol. The van der Waals surface area contributed by atoms with Gasteiger partial charge in [-0.15, -0.1) is 0 Å². The van der Waals surface area contributed by atoms with Gasteiger partial charge in [-0.3, -0.25) is 4.79 Å². The maximum absolute atomic E-state index is 11.9. The fourth-order valence-electron chi connectivity index (χ4n) is 2.49. The summed E-state index contributed by atoms with van der Waals surface area (Å²) in [5.74, 6) is 0.974. The van der Waals surface area contributed by atoms with Crippen molar-refractivity contribution in [2.24, 2.45) is 0 Å². The monoisotopic (exact) mass is 319 g/mol. The van der Waals surface area contributed by atoms with Crippen LogP contribution < -0.4 is 15.4 Å². The number of benzene rings is 1. The van der Waals surface area contributed by atoms with Crippen LogP contribution >= 0.6 is 0 Å². The summed E-state index contributed by atoms with van der Waals surface area (Å²) in [6.07, 6.45) is 1.02. The first-order valence-electron chi connectivity index (χ1n) is 8.13. The van der Waals surface area contributed by atoms with Crippen LogP contribution in [-0.2, 0) is 4.79 Å². The van der Waals surface area contributed by atoms with E-state index in [4.69, 9.17) is 4.74 Å². The van der Waals surface area contributed by atoms with Crippen LogP contribution in [0.4, 0.5) is 4.79 Å². The number of nitrogens with one attached hydrogen (secondary N) is 2. The number of carbonyl (C=O) groups excluding carboxylic acids is 2. The van der Waals surface area contributed by atoms with Gasteiger partial charge < -0.3 is 20.3 Å². The first kappa shape index (κ1) is 17.1. The Morgan fingerprint density at radius 1 is 1.43 bits per heavy atom. The van der Waals surface area contributed by atoms with Crippen LogP contribution in [0.15, 0.2) is 24.3 Å². The minimum Gasteiger partial charge on any atom is -0.483 e. The lowest BCUT2D eigenvalue weighted by molar-refractivity contribution is -0.123. The fraction of sp³-hybridized carbons (Fsp3) is 0.529. The van der Waals surface area contributed by atoms with Gasteiger partial charge >= 0.3 is 6.03 Å². The van der Waals surface area contributed by atoms with E-state index in [9.17, 15) is 9.59 Å². The Balaban J connectivity index is 1.75. The summed E-state index contributed by atoms with van der Waals surface area (Å²) in [6.45, 7) is 6.56. The molecule has 0 aliphatic carbocycles. The van der Waals surface area contributed by atoms with Crippen LogP contribution in [0.3, 0.4) is 0 Å². The zero-order chi connectivity index (χ0) is 16.7. The van der Waals surface area contributed by atoms with E-state index >= 15 is 0 Å². The molecule has 1 aromatic rings. The van der Waals surface area contributed by atoms with Crippen LogP contribution in [0.5, 0.6) is 5.75 Å². The third-order valence-electron chi connectivity index (χ3n) is 4.07. The van der Waals surface area contributed by atoms with E-state index in [1.807, 2.05) is 24.3 Å². The van der Waals surface area contributed by atoms with Crippen molar-refractivity contribution in [3.8, 4) is 5.75 Å². The summed E-state index contributed by atoms with van der Waals surface area (Å²) >= 11 is 0. The van der Waals surface area contributed by atoms with Gasteiger partial charge in [-0.25, -0.2) is 4.79 Å². The summed E-state index contributed by atoms with van der Waals surface area (Å²) in [7, 11) is 0. The van der Waals surface area contributed by atoms with Gasteiger partial charge in [-0.1, -0.05) is 32.0 Å². The highest BCUT2D eigenvalue weighted by atomic mass is 16.5. The molecule has 6 heteroatoms. The van der Waals surface area contributed by atoms with Gasteiger partial charge in [-0.2, -0.15) is 0 Å². The molecule has 23 heavy (non-hydrogen) atoms. The fourth-order valence-corrected chi connectivity index (χ4v) is 2.49. The van der Waals surface area contributed by atoms with Crippen molar-refractivity contribution in [1.29, 1.82) is 0 Å². The first-order valence-corrected chi connectivity index (χ1v) is 8.13. The third kappa shape index (κ3) is 4.87. The quantitative estimate of drug-likeness (QED) is 0.766. The van der Waals surface area contributed by atoms with Gasteiger partial charge in [0, 0.05) is 26.2 Å². The number of nitrogens with zero attached hydrogens (tertiary/aromatic N) is 1. The highest BCUT2D eigenvalue weighted by Gasteiger charge is 2.18. The molecule has 0 spiro atoms. The van der Waals surface area contributed by atoms with Gasteiger partial charge in [0.15, 0.2) is 6.61 Å². The molecule has 6 nitrogen and oxygen atoms in total. The van der Waals surface area contributed by atoms with Crippen LogP contribution in [0, 0.1) is 0 Å². The molecule has 0 aromatic heterocycles. The lowest BCUT2D eigenvalue weighted by atomic mass is 9.98. The van der Waals surface area contributed by atoms with Crippen molar-refractivity contribution in [2.45, 2.75) is 26.2 Å². The van der Waals surface area contributed by atoms with Crippen LogP contribution in [-0.4, -0.2) is 49.6 Å². The molecule has 1 saturated heterocycles. The predicted octanol–water partition coefficient (Wildman–Crippen LogP) is 1.72. The largest absolute Gasteiger partial charge is 0.483 e. The molecule has 1 aliphatic rings. The van der Waals surface area contributed by atoms with Gasteiger partial charge in [0.1, 0.15) is 5.75 Å². The SMILES string of the molecule is CCC(C)c1ccccc1OCC(=O)NCCN1CCNC1=O. The third-order valence-corrected chi connectivity index (χ3v) is 4.07. The summed E-state index contributed by atoms with van der Waals surface area (Å²) in [5.41, 5.74) is 1.12. The zero-order valence-corrected chi connectivity index (χ0v) is 13.8. The van der Waals surface area contributed by atoms with Crippen molar-refractivity contribution in [1.82, 2.24) is 15.5 Å². The van der Waals surface area contributed by atoms with Gasteiger partial charge in [-0.05, 0) is 24.0 Å². The van der Waals surface area contributed by atoms with Crippen molar-refractivity contribution in [3.05, 3.63) is 29.8 Å². The van der Waals surface area contributed by atoms with Crippen molar-refractivity contribution < 1.29 is 14.3 Å². The molecule has 1 aromatic carbocycles. The molecule has 0 saturated carbocycles. The normalized spacial score (nSPS) is 15.2. The van der Waals surface area contributed by atoms with Crippen molar-refractivity contribution in [2.75, 3.05) is 32.8 Å². The minimum absolute atomic E-state index is 0.0142.